The van der Waals surface area contributed by atoms with Gasteiger partial charge in [0.05, 0.1) is 0 Å². The summed E-state index contributed by atoms with van der Waals surface area (Å²) in [7, 11) is 0. The average molecular weight is 182 g/mol. The summed E-state index contributed by atoms with van der Waals surface area (Å²) >= 11 is 1.09. The molecule has 66 valence electrons. The van der Waals surface area contributed by atoms with Crippen LogP contribution in [0.2, 0.25) is 0 Å². The van der Waals surface area contributed by atoms with Crippen LogP contribution in [-0.2, 0) is 4.75 Å². The third-order valence-electron chi connectivity index (χ3n) is 1.97. The topological polar surface area (TPSA) is 20.2 Å². The molecular weight excluding hydrogens is 168 g/mol. The van der Waals surface area contributed by atoms with Crippen molar-refractivity contribution in [1.82, 2.24) is 0 Å². The summed E-state index contributed by atoms with van der Waals surface area (Å²) in [5, 5.41) is 9.08. The number of rotatable bonds is 2. The molecule has 0 heterocycles. The van der Waals surface area contributed by atoms with E-state index in [0.717, 1.165) is 11.4 Å². The molecular formula is C10H14OS. The molecule has 0 saturated carbocycles. The predicted molar refractivity (Wildman–Crippen MR) is 57.2 cm³/mol. The molecule has 1 nitrogen and oxygen atoms in total. The zero-order valence-corrected chi connectivity index (χ0v) is 8.31. The van der Waals surface area contributed by atoms with Crippen molar-refractivity contribution in [2.45, 2.75) is 18.6 Å². The third kappa shape index (κ3) is 1.89. The van der Waals surface area contributed by atoms with Gasteiger partial charge in [0.25, 0.3) is 0 Å². The monoisotopic (exact) mass is 182 g/mol. The molecule has 1 aromatic rings. The highest BCUT2D eigenvalue weighted by Crippen LogP contribution is 2.30. The van der Waals surface area contributed by atoms with Crippen LogP contribution in [0.3, 0.4) is 0 Å². The van der Waals surface area contributed by atoms with Crippen molar-refractivity contribution in [3.05, 3.63) is 29.8 Å². The molecule has 2 heteroatoms. The number of aromatic hydroxyl groups is 1. The Balaban J connectivity index is 3.04. The van der Waals surface area contributed by atoms with E-state index in [4.69, 9.17) is 5.11 Å². The predicted octanol–water partition coefficient (Wildman–Crippen LogP) is 2.52. The van der Waals surface area contributed by atoms with E-state index in [1.54, 1.807) is 12.1 Å². The lowest BCUT2D eigenvalue weighted by Crippen LogP contribution is -2.08. The second kappa shape index (κ2) is 3.31. The normalized spacial score (nSPS) is 11.5. The van der Waals surface area contributed by atoms with E-state index >= 15 is 0 Å². The zero-order valence-electron chi connectivity index (χ0n) is 7.41. The summed E-state index contributed by atoms with van der Waals surface area (Å²) in [6.07, 6.45) is 0. The quantitative estimate of drug-likeness (QED) is 0.532. The van der Waals surface area contributed by atoms with E-state index in [1.807, 2.05) is 12.1 Å². The van der Waals surface area contributed by atoms with Gasteiger partial charge in [0.1, 0.15) is 5.75 Å². The van der Waals surface area contributed by atoms with Crippen LogP contribution in [-0.4, -0.2) is 11.0 Å². The van der Waals surface area contributed by atoms with E-state index in [2.05, 4.69) is 19.7 Å². The zero-order chi connectivity index (χ0) is 9.19. The lowest BCUT2D eigenvalue weighted by atomic mass is 10.0. The van der Waals surface area contributed by atoms with Gasteiger partial charge in [-0.15, -0.1) is 0 Å². The van der Waals surface area contributed by atoms with Gasteiger partial charge in [0, 0.05) is 4.75 Å². The summed E-state index contributed by atoms with van der Waals surface area (Å²) < 4.78 is 0.0771. The highest BCUT2D eigenvalue weighted by atomic mass is 32.1. The van der Waals surface area contributed by atoms with Crippen molar-refractivity contribution < 1.29 is 5.11 Å². The van der Waals surface area contributed by atoms with E-state index in [9.17, 15) is 0 Å². The molecule has 0 radical (unpaired) electrons. The minimum atomic E-state index is 0.0771. The van der Waals surface area contributed by atoms with E-state index in [-0.39, 0.29) is 4.75 Å². The summed E-state index contributed by atoms with van der Waals surface area (Å²) in [6.45, 7) is 4.27. The van der Waals surface area contributed by atoms with E-state index in [0.29, 0.717) is 5.75 Å². The van der Waals surface area contributed by atoms with Crippen LogP contribution < -0.4 is 0 Å². The molecule has 0 fully saturated rings. The molecule has 0 aromatic heterocycles. The van der Waals surface area contributed by atoms with Gasteiger partial charge in [-0.25, -0.2) is 0 Å². The molecule has 0 spiro atoms. The second-order valence-electron chi connectivity index (χ2n) is 3.26. The smallest absolute Gasteiger partial charge is 0.115 e. The highest BCUT2D eigenvalue weighted by Gasteiger charge is 2.14. The molecule has 0 amide bonds. The van der Waals surface area contributed by atoms with Gasteiger partial charge >= 0.3 is 0 Å². The van der Waals surface area contributed by atoms with Crippen LogP contribution in [0.15, 0.2) is 24.3 Å². The molecule has 1 aromatic carbocycles. The average Bonchev–Trinajstić information content (AvgIpc) is 2.05. The number of thiol groups is 1. The minimum Gasteiger partial charge on any atom is -0.508 e. The fourth-order valence-electron chi connectivity index (χ4n) is 0.961. The standard InChI is InChI=1S/C10H14OS/c1-10(2,12-3)8-4-6-9(11)7-5-8/h4-7,11-12H,3H2,1-2H3. The van der Waals surface area contributed by atoms with Gasteiger partial charge in [0.2, 0.25) is 0 Å². The molecule has 1 rings (SSSR count). The summed E-state index contributed by atoms with van der Waals surface area (Å²) in [4.78, 5) is 0. The molecule has 0 unspecified atom stereocenters. The lowest BCUT2D eigenvalue weighted by molar-refractivity contribution is 0.475. The minimum absolute atomic E-state index is 0.0771. The first-order valence-electron chi connectivity index (χ1n) is 3.83. The maximum atomic E-state index is 9.08. The van der Waals surface area contributed by atoms with Crippen molar-refractivity contribution in [2.75, 3.05) is 0 Å². The molecule has 1 N–H and O–H groups in total. The van der Waals surface area contributed by atoms with Crippen LogP contribution in [0, 0.1) is 0 Å². The number of hydrogen-bond donors (Lipinski definition) is 2. The molecule has 0 bridgehead atoms. The Morgan fingerprint density at radius 2 is 1.75 bits per heavy atom. The Labute approximate surface area is 77.0 Å². The van der Waals surface area contributed by atoms with Crippen molar-refractivity contribution in [3.63, 3.8) is 0 Å². The van der Waals surface area contributed by atoms with Crippen molar-refractivity contribution in [2.24, 2.45) is 0 Å². The Hall–Kier alpha value is -0.760. The summed E-state index contributed by atoms with van der Waals surface area (Å²) in [5.74, 6) is 4.18. The first-order valence-corrected chi connectivity index (χ1v) is 4.91. The van der Waals surface area contributed by atoms with Crippen molar-refractivity contribution in [3.8, 4) is 5.75 Å². The van der Waals surface area contributed by atoms with E-state index in [1.165, 1.54) is 5.56 Å². The van der Waals surface area contributed by atoms with E-state index < -0.39 is 0 Å². The maximum Gasteiger partial charge on any atom is 0.115 e. The number of hydrogen-bond acceptors (Lipinski definition) is 1. The van der Waals surface area contributed by atoms with Crippen LogP contribution in [0.1, 0.15) is 19.4 Å². The van der Waals surface area contributed by atoms with Gasteiger partial charge < -0.3 is 5.11 Å². The van der Waals surface area contributed by atoms with Gasteiger partial charge in [-0.05, 0) is 31.5 Å². The third-order valence-corrected chi connectivity index (χ3v) is 3.02. The van der Waals surface area contributed by atoms with Crippen molar-refractivity contribution >= 4 is 17.2 Å². The first kappa shape index (κ1) is 9.33. The van der Waals surface area contributed by atoms with Crippen LogP contribution in [0.25, 0.3) is 0 Å². The van der Waals surface area contributed by atoms with Gasteiger partial charge in [0.15, 0.2) is 0 Å². The Morgan fingerprint density at radius 1 is 1.25 bits per heavy atom. The summed E-state index contributed by atoms with van der Waals surface area (Å²) in [6, 6.07) is 7.30. The lowest BCUT2D eigenvalue weighted by Gasteiger charge is -2.20. The largest absolute Gasteiger partial charge is 0.508 e. The molecule has 0 aliphatic heterocycles. The molecule has 12 heavy (non-hydrogen) atoms. The summed E-state index contributed by atoms with van der Waals surface area (Å²) in [5.41, 5.74) is 1.21. The SMILES string of the molecule is C=[SH]C(C)(C)c1ccc(O)cc1. The maximum absolute atomic E-state index is 9.08. The Kier molecular flexibility index (Phi) is 2.58. The molecule has 0 saturated heterocycles. The Bertz CT molecular complexity index is 274. The fraction of sp³-hybridized carbons (Fsp3) is 0.300. The first-order chi connectivity index (χ1) is 5.56. The molecule has 0 aliphatic rings. The number of phenols is 1. The highest BCUT2D eigenvalue weighted by molar-refractivity contribution is 7.97. The van der Waals surface area contributed by atoms with Crippen LogP contribution >= 0.6 is 11.4 Å². The van der Waals surface area contributed by atoms with Crippen LogP contribution in [0.4, 0.5) is 0 Å². The fourth-order valence-corrected chi connectivity index (χ4v) is 1.29. The van der Waals surface area contributed by atoms with Crippen molar-refractivity contribution in [1.29, 1.82) is 0 Å². The number of phenolic OH excluding ortho intramolecular Hbond substituents is 1. The van der Waals surface area contributed by atoms with Gasteiger partial charge in [-0.1, -0.05) is 18.0 Å². The second-order valence-corrected chi connectivity index (χ2v) is 4.70. The Morgan fingerprint density at radius 3 is 2.17 bits per heavy atom. The van der Waals surface area contributed by atoms with Gasteiger partial charge in [-0.2, -0.15) is 11.4 Å². The molecule has 0 atom stereocenters. The number of benzene rings is 1. The van der Waals surface area contributed by atoms with Crippen LogP contribution in [0.5, 0.6) is 5.75 Å². The molecule has 0 aliphatic carbocycles. The van der Waals surface area contributed by atoms with Gasteiger partial charge in [-0.3, -0.25) is 0 Å².